The van der Waals surface area contributed by atoms with Crippen molar-refractivity contribution in [2.45, 2.75) is 19.6 Å². The van der Waals surface area contributed by atoms with Gasteiger partial charge in [-0.2, -0.15) is 0 Å². The third-order valence-corrected chi connectivity index (χ3v) is 3.42. The maximum atomic E-state index is 11.8. The summed E-state index contributed by atoms with van der Waals surface area (Å²) in [7, 11) is 0. The molecule has 0 bridgehead atoms. The van der Waals surface area contributed by atoms with Gasteiger partial charge in [-0.05, 0) is 6.92 Å². The number of hydrogen-bond acceptors (Lipinski definition) is 6. The van der Waals surface area contributed by atoms with Crippen molar-refractivity contribution in [3.63, 3.8) is 0 Å². The Hall–Kier alpha value is -2.06. The molecule has 19 heavy (non-hydrogen) atoms. The minimum absolute atomic E-state index is 0.114. The van der Waals surface area contributed by atoms with Crippen molar-refractivity contribution in [2.75, 3.05) is 0 Å². The highest BCUT2D eigenvalue weighted by molar-refractivity contribution is 7.15. The normalized spacial score (nSPS) is 12.9. The SMILES string of the molecule is CC(O)c1cn(Cc2cc(=O)n3ccsc3n2)nn1. The van der Waals surface area contributed by atoms with Gasteiger partial charge in [0.1, 0.15) is 5.69 Å². The highest BCUT2D eigenvalue weighted by Crippen LogP contribution is 2.09. The summed E-state index contributed by atoms with van der Waals surface area (Å²) in [4.78, 5) is 16.8. The fraction of sp³-hybridized carbons (Fsp3) is 0.273. The van der Waals surface area contributed by atoms with E-state index in [1.807, 2.05) is 5.38 Å². The third-order valence-electron chi connectivity index (χ3n) is 2.66. The number of aliphatic hydroxyl groups is 1. The average molecular weight is 277 g/mol. The molecule has 0 saturated heterocycles. The fourth-order valence-electron chi connectivity index (χ4n) is 1.72. The van der Waals surface area contributed by atoms with Gasteiger partial charge in [0.15, 0.2) is 4.96 Å². The Morgan fingerprint density at radius 1 is 1.53 bits per heavy atom. The molecule has 0 saturated carbocycles. The lowest BCUT2D eigenvalue weighted by molar-refractivity contribution is 0.194. The monoisotopic (exact) mass is 277 g/mol. The number of aromatic nitrogens is 5. The zero-order chi connectivity index (χ0) is 13.4. The second-order valence-corrected chi connectivity index (χ2v) is 5.03. The summed E-state index contributed by atoms with van der Waals surface area (Å²) in [5.74, 6) is 0. The van der Waals surface area contributed by atoms with Crippen LogP contribution in [0.2, 0.25) is 0 Å². The Bertz CT molecular complexity index is 773. The Balaban J connectivity index is 1.93. The van der Waals surface area contributed by atoms with Crippen molar-refractivity contribution in [1.29, 1.82) is 0 Å². The summed E-state index contributed by atoms with van der Waals surface area (Å²) >= 11 is 1.40. The summed E-state index contributed by atoms with van der Waals surface area (Å²) in [5.41, 5.74) is 1.00. The van der Waals surface area contributed by atoms with Gasteiger partial charge < -0.3 is 5.11 Å². The largest absolute Gasteiger partial charge is 0.387 e. The van der Waals surface area contributed by atoms with Gasteiger partial charge in [0.25, 0.3) is 5.56 Å². The average Bonchev–Trinajstić information content (AvgIpc) is 2.97. The number of rotatable bonds is 3. The summed E-state index contributed by atoms with van der Waals surface area (Å²) in [6, 6.07) is 1.48. The van der Waals surface area contributed by atoms with Crippen LogP contribution < -0.4 is 5.56 Å². The van der Waals surface area contributed by atoms with Crippen molar-refractivity contribution in [1.82, 2.24) is 24.4 Å². The minimum atomic E-state index is -0.660. The first-order valence-corrected chi connectivity index (χ1v) is 6.55. The molecule has 0 amide bonds. The molecule has 1 atom stereocenters. The third kappa shape index (κ3) is 2.27. The molecule has 0 radical (unpaired) electrons. The van der Waals surface area contributed by atoms with E-state index in [4.69, 9.17) is 0 Å². The molecule has 0 aromatic carbocycles. The maximum absolute atomic E-state index is 11.8. The first-order chi connectivity index (χ1) is 9.13. The molecule has 0 spiro atoms. The molecule has 0 aliphatic carbocycles. The highest BCUT2D eigenvalue weighted by atomic mass is 32.1. The number of fused-ring (bicyclic) bond motifs is 1. The second kappa shape index (κ2) is 4.56. The first-order valence-electron chi connectivity index (χ1n) is 5.67. The van der Waals surface area contributed by atoms with E-state index in [1.54, 1.807) is 24.0 Å². The molecule has 1 unspecified atom stereocenters. The molecule has 3 rings (SSSR count). The van der Waals surface area contributed by atoms with Gasteiger partial charge >= 0.3 is 0 Å². The van der Waals surface area contributed by atoms with Crippen molar-refractivity contribution in [2.24, 2.45) is 0 Å². The van der Waals surface area contributed by atoms with Crippen LogP contribution >= 0.6 is 11.3 Å². The van der Waals surface area contributed by atoms with Gasteiger partial charge in [0.05, 0.1) is 24.5 Å². The zero-order valence-corrected chi connectivity index (χ0v) is 10.9. The van der Waals surface area contributed by atoms with E-state index in [2.05, 4.69) is 15.3 Å². The number of aliphatic hydroxyl groups excluding tert-OH is 1. The lowest BCUT2D eigenvalue weighted by Gasteiger charge is -2.00. The van der Waals surface area contributed by atoms with Gasteiger partial charge in [0.2, 0.25) is 0 Å². The van der Waals surface area contributed by atoms with E-state index < -0.39 is 6.10 Å². The smallest absolute Gasteiger partial charge is 0.258 e. The van der Waals surface area contributed by atoms with Crippen LogP contribution in [0.3, 0.4) is 0 Å². The van der Waals surface area contributed by atoms with Gasteiger partial charge in [-0.3, -0.25) is 9.20 Å². The van der Waals surface area contributed by atoms with Gasteiger partial charge in [-0.15, -0.1) is 16.4 Å². The topological polar surface area (TPSA) is 85.3 Å². The van der Waals surface area contributed by atoms with Gasteiger partial charge in [-0.25, -0.2) is 9.67 Å². The first kappa shape index (κ1) is 12.0. The molecule has 7 nitrogen and oxygen atoms in total. The van der Waals surface area contributed by atoms with Crippen LogP contribution in [0, 0.1) is 0 Å². The van der Waals surface area contributed by atoms with Crippen LogP contribution in [-0.4, -0.2) is 29.5 Å². The molecule has 1 N–H and O–H groups in total. The van der Waals surface area contributed by atoms with E-state index in [0.717, 1.165) is 0 Å². The van der Waals surface area contributed by atoms with Crippen LogP contribution in [0.1, 0.15) is 24.4 Å². The summed E-state index contributed by atoms with van der Waals surface area (Å²) in [6.45, 7) is 1.97. The van der Waals surface area contributed by atoms with E-state index in [1.165, 1.54) is 21.8 Å². The molecule has 3 heterocycles. The Morgan fingerprint density at radius 3 is 3.11 bits per heavy atom. The molecule has 8 heteroatoms. The quantitative estimate of drug-likeness (QED) is 0.751. The Labute approximate surface area is 111 Å². The summed E-state index contributed by atoms with van der Waals surface area (Å²) in [5, 5.41) is 18.9. The van der Waals surface area contributed by atoms with E-state index in [9.17, 15) is 9.90 Å². The predicted octanol–water partition coefficient (Wildman–Crippen LogP) is 0.449. The molecule has 0 aliphatic heterocycles. The molecule has 3 aromatic heterocycles. The molecule has 0 aliphatic rings. The van der Waals surface area contributed by atoms with Crippen molar-refractivity contribution in [3.05, 3.63) is 45.6 Å². The van der Waals surface area contributed by atoms with Gasteiger partial charge in [-0.1, -0.05) is 5.21 Å². The molecule has 3 aromatic rings. The van der Waals surface area contributed by atoms with Gasteiger partial charge in [0, 0.05) is 17.6 Å². The zero-order valence-electron chi connectivity index (χ0n) is 10.1. The second-order valence-electron chi connectivity index (χ2n) is 4.16. The summed E-state index contributed by atoms with van der Waals surface area (Å²) < 4.78 is 3.05. The number of nitrogens with zero attached hydrogens (tertiary/aromatic N) is 5. The highest BCUT2D eigenvalue weighted by Gasteiger charge is 2.08. The molecular formula is C11H11N5O2S. The van der Waals surface area contributed by atoms with Crippen LogP contribution in [-0.2, 0) is 6.54 Å². The molecule has 98 valence electrons. The minimum Gasteiger partial charge on any atom is -0.387 e. The lowest BCUT2D eigenvalue weighted by atomic mass is 10.3. The molecule has 0 fully saturated rings. The van der Waals surface area contributed by atoms with Crippen LogP contribution in [0.4, 0.5) is 0 Å². The molecular weight excluding hydrogens is 266 g/mol. The van der Waals surface area contributed by atoms with Crippen LogP contribution in [0.5, 0.6) is 0 Å². The number of thiazole rings is 1. The van der Waals surface area contributed by atoms with E-state index in [0.29, 0.717) is 22.9 Å². The maximum Gasteiger partial charge on any atom is 0.258 e. The van der Waals surface area contributed by atoms with E-state index in [-0.39, 0.29) is 5.56 Å². The predicted molar refractivity (Wildman–Crippen MR) is 69.1 cm³/mol. The van der Waals surface area contributed by atoms with E-state index >= 15 is 0 Å². The van der Waals surface area contributed by atoms with Crippen molar-refractivity contribution in [3.8, 4) is 0 Å². The fourth-order valence-corrected chi connectivity index (χ4v) is 2.46. The van der Waals surface area contributed by atoms with Crippen molar-refractivity contribution < 1.29 is 5.11 Å². The standard InChI is InChI=1S/C11H11N5O2S/c1-7(17)9-6-15(14-13-9)5-8-4-10(18)16-2-3-19-11(16)12-8/h2-4,6-7,17H,5H2,1H3. The Morgan fingerprint density at radius 2 is 2.37 bits per heavy atom. The summed E-state index contributed by atoms with van der Waals surface area (Å²) in [6.07, 6.45) is 2.68. The lowest BCUT2D eigenvalue weighted by Crippen LogP contribution is -2.14. The van der Waals surface area contributed by atoms with Crippen LogP contribution in [0.15, 0.2) is 28.6 Å². The van der Waals surface area contributed by atoms with Crippen molar-refractivity contribution >= 4 is 16.3 Å². The van der Waals surface area contributed by atoms with Crippen LogP contribution in [0.25, 0.3) is 4.96 Å². The Kier molecular flexibility index (Phi) is 2.88. The number of hydrogen-bond donors (Lipinski definition) is 1.